The number of pyridine rings is 2. The van der Waals surface area contributed by atoms with E-state index in [9.17, 15) is 0 Å². The van der Waals surface area contributed by atoms with E-state index < -0.39 is 0 Å². The van der Waals surface area contributed by atoms with Gasteiger partial charge in [-0.3, -0.25) is 4.57 Å². The highest BCUT2D eigenvalue weighted by atomic mass is 15.0. The molecule has 0 saturated heterocycles. The van der Waals surface area contributed by atoms with Crippen LogP contribution in [0.1, 0.15) is 11.3 Å². The molecule has 4 nitrogen and oxygen atoms in total. The quantitative estimate of drug-likeness (QED) is 0.650. The fourth-order valence-corrected chi connectivity index (χ4v) is 1.94. The Morgan fingerprint density at radius 1 is 1.17 bits per heavy atom. The molecule has 0 fully saturated rings. The Balaban J connectivity index is 2.16. The summed E-state index contributed by atoms with van der Waals surface area (Å²) in [5, 5.41) is 9.83. The zero-order chi connectivity index (χ0) is 12.5. The third-order valence-electron chi connectivity index (χ3n) is 2.80. The van der Waals surface area contributed by atoms with Crippen LogP contribution in [0.15, 0.2) is 42.9 Å². The highest BCUT2D eigenvalue weighted by Crippen LogP contribution is 2.18. The van der Waals surface area contributed by atoms with Crippen molar-refractivity contribution in [3.05, 3.63) is 54.1 Å². The van der Waals surface area contributed by atoms with Gasteiger partial charge in [-0.25, -0.2) is 9.97 Å². The summed E-state index contributed by atoms with van der Waals surface area (Å²) in [7, 11) is 0. The van der Waals surface area contributed by atoms with Crippen LogP contribution in [0.5, 0.6) is 0 Å². The van der Waals surface area contributed by atoms with Crippen molar-refractivity contribution in [1.29, 1.82) is 5.26 Å². The maximum absolute atomic E-state index is 8.73. The van der Waals surface area contributed by atoms with Crippen molar-refractivity contribution in [2.45, 2.75) is 6.92 Å². The van der Waals surface area contributed by atoms with Gasteiger partial charge in [-0.1, -0.05) is 0 Å². The van der Waals surface area contributed by atoms with Crippen LogP contribution < -0.4 is 0 Å². The van der Waals surface area contributed by atoms with E-state index in [4.69, 9.17) is 5.26 Å². The van der Waals surface area contributed by atoms with Crippen molar-refractivity contribution in [3.8, 4) is 11.8 Å². The molecule has 3 rings (SSSR count). The van der Waals surface area contributed by atoms with Gasteiger partial charge < -0.3 is 0 Å². The summed E-state index contributed by atoms with van der Waals surface area (Å²) in [5.74, 6) is 0. The third kappa shape index (κ3) is 1.62. The molecule has 4 heteroatoms. The Labute approximate surface area is 104 Å². The van der Waals surface area contributed by atoms with Gasteiger partial charge >= 0.3 is 0 Å². The first-order chi connectivity index (χ1) is 8.78. The van der Waals surface area contributed by atoms with E-state index in [-0.39, 0.29) is 0 Å². The minimum atomic E-state index is 0.416. The monoisotopic (exact) mass is 234 g/mol. The van der Waals surface area contributed by atoms with Crippen LogP contribution in [-0.4, -0.2) is 14.5 Å². The van der Waals surface area contributed by atoms with E-state index in [1.165, 1.54) is 0 Å². The second kappa shape index (κ2) is 3.97. The largest absolute Gasteiger partial charge is 0.300 e. The summed E-state index contributed by atoms with van der Waals surface area (Å²) < 4.78 is 1.96. The molecule has 3 aromatic rings. The number of hydrogen-bond donors (Lipinski definition) is 0. The Morgan fingerprint density at radius 2 is 2.06 bits per heavy atom. The minimum absolute atomic E-state index is 0.416. The van der Waals surface area contributed by atoms with Crippen LogP contribution in [0.3, 0.4) is 0 Å². The highest BCUT2D eigenvalue weighted by Gasteiger charge is 2.05. The lowest BCUT2D eigenvalue weighted by Crippen LogP contribution is -1.95. The number of nitriles is 1. The predicted molar refractivity (Wildman–Crippen MR) is 68.3 cm³/mol. The Kier molecular flexibility index (Phi) is 2.31. The fraction of sp³-hybridized carbons (Fsp3) is 0.0714. The molecule has 0 spiro atoms. The summed E-state index contributed by atoms with van der Waals surface area (Å²) in [5.41, 5.74) is 3.35. The maximum atomic E-state index is 8.73. The van der Waals surface area contributed by atoms with Crippen molar-refractivity contribution in [2.24, 2.45) is 0 Å². The van der Waals surface area contributed by atoms with E-state index in [1.807, 2.05) is 42.1 Å². The number of fused-ring (bicyclic) bond motifs is 1. The zero-order valence-electron chi connectivity index (χ0n) is 9.83. The summed E-state index contributed by atoms with van der Waals surface area (Å²) in [6, 6.07) is 9.69. The molecular formula is C14H10N4. The first kappa shape index (κ1) is 10.5. The average molecular weight is 234 g/mol. The average Bonchev–Trinajstić information content (AvgIpc) is 2.81. The van der Waals surface area contributed by atoms with Crippen molar-refractivity contribution in [2.75, 3.05) is 0 Å². The van der Waals surface area contributed by atoms with Gasteiger partial charge in [-0.2, -0.15) is 5.26 Å². The number of hydrogen-bond acceptors (Lipinski definition) is 3. The lowest BCUT2D eigenvalue weighted by molar-refractivity contribution is 1.06. The summed E-state index contributed by atoms with van der Waals surface area (Å²) in [6.45, 7) is 2.02. The van der Waals surface area contributed by atoms with E-state index in [0.29, 0.717) is 5.69 Å². The molecule has 0 saturated carbocycles. The van der Waals surface area contributed by atoms with E-state index in [0.717, 1.165) is 22.3 Å². The molecule has 0 atom stereocenters. The molecule has 86 valence electrons. The fourth-order valence-electron chi connectivity index (χ4n) is 1.94. The molecule has 0 aliphatic carbocycles. The molecule has 0 unspecified atom stereocenters. The maximum Gasteiger partial charge on any atom is 0.144 e. The van der Waals surface area contributed by atoms with Crippen molar-refractivity contribution < 1.29 is 0 Å². The molecular weight excluding hydrogens is 224 g/mol. The Hall–Kier alpha value is -2.67. The second-order valence-electron chi connectivity index (χ2n) is 4.12. The molecule has 3 aromatic heterocycles. The predicted octanol–water partition coefficient (Wildman–Crippen LogP) is 2.60. The minimum Gasteiger partial charge on any atom is -0.300 e. The topological polar surface area (TPSA) is 54.5 Å². The van der Waals surface area contributed by atoms with Crippen molar-refractivity contribution >= 4 is 11.0 Å². The van der Waals surface area contributed by atoms with Crippen LogP contribution in [-0.2, 0) is 0 Å². The number of nitrogens with zero attached hydrogens (tertiary/aromatic N) is 4. The van der Waals surface area contributed by atoms with Crippen LogP contribution in [0.25, 0.3) is 16.7 Å². The van der Waals surface area contributed by atoms with Crippen molar-refractivity contribution in [3.63, 3.8) is 0 Å². The molecule has 0 aliphatic rings. The van der Waals surface area contributed by atoms with Crippen LogP contribution >= 0.6 is 0 Å². The summed E-state index contributed by atoms with van der Waals surface area (Å²) in [4.78, 5) is 8.50. The number of aromatic nitrogens is 3. The van der Waals surface area contributed by atoms with E-state index in [2.05, 4.69) is 16.0 Å². The lowest BCUT2D eigenvalue weighted by Gasteiger charge is -2.04. The standard InChI is InChI=1S/C14H10N4/c1-10-6-11-4-5-18(14(11)17-8-10)13-3-2-12(7-15)16-9-13/h2-6,8-9H,1H3. The molecule has 0 amide bonds. The Bertz CT molecular complexity index is 748. The van der Waals surface area contributed by atoms with Gasteiger partial charge in [-0.15, -0.1) is 0 Å². The smallest absolute Gasteiger partial charge is 0.144 e. The van der Waals surface area contributed by atoms with Gasteiger partial charge in [0.2, 0.25) is 0 Å². The first-order valence-electron chi connectivity index (χ1n) is 5.58. The number of rotatable bonds is 1. The van der Waals surface area contributed by atoms with Gasteiger partial charge in [0.1, 0.15) is 17.4 Å². The lowest BCUT2D eigenvalue weighted by atomic mass is 10.2. The Morgan fingerprint density at radius 3 is 2.78 bits per heavy atom. The highest BCUT2D eigenvalue weighted by molar-refractivity contribution is 5.78. The van der Waals surface area contributed by atoms with Crippen molar-refractivity contribution in [1.82, 2.24) is 14.5 Å². The summed E-state index contributed by atoms with van der Waals surface area (Å²) in [6.07, 6.45) is 5.48. The van der Waals surface area contributed by atoms with Crippen LogP contribution in [0.2, 0.25) is 0 Å². The van der Waals surface area contributed by atoms with E-state index >= 15 is 0 Å². The second-order valence-corrected chi connectivity index (χ2v) is 4.12. The van der Waals surface area contributed by atoms with Gasteiger partial charge in [0, 0.05) is 17.8 Å². The van der Waals surface area contributed by atoms with Gasteiger partial charge in [-0.05, 0) is 36.8 Å². The molecule has 0 N–H and O–H groups in total. The molecule has 3 heterocycles. The van der Waals surface area contributed by atoms with E-state index in [1.54, 1.807) is 12.3 Å². The SMILES string of the molecule is Cc1cnc2c(ccn2-c2ccc(C#N)nc2)c1. The first-order valence-corrected chi connectivity index (χ1v) is 5.58. The van der Waals surface area contributed by atoms with Gasteiger partial charge in [0.25, 0.3) is 0 Å². The molecule has 0 aromatic carbocycles. The number of aryl methyl sites for hydroxylation is 1. The molecule has 0 radical (unpaired) electrons. The third-order valence-corrected chi connectivity index (χ3v) is 2.80. The molecule has 18 heavy (non-hydrogen) atoms. The molecule has 0 bridgehead atoms. The van der Waals surface area contributed by atoms with Gasteiger partial charge in [0.15, 0.2) is 0 Å². The van der Waals surface area contributed by atoms with Crippen LogP contribution in [0, 0.1) is 18.3 Å². The normalized spacial score (nSPS) is 10.4. The molecule has 0 aliphatic heterocycles. The zero-order valence-corrected chi connectivity index (χ0v) is 9.83. The van der Waals surface area contributed by atoms with Gasteiger partial charge in [0.05, 0.1) is 11.9 Å². The van der Waals surface area contributed by atoms with Crippen LogP contribution in [0.4, 0.5) is 0 Å². The summed E-state index contributed by atoms with van der Waals surface area (Å²) >= 11 is 0.